The van der Waals surface area contributed by atoms with Crippen molar-refractivity contribution in [3.05, 3.63) is 12.7 Å². The van der Waals surface area contributed by atoms with E-state index in [1.807, 2.05) is 0 Å². The van der Waals surface area contributed by atoms with Gasteiger partial charge >= 0.3 is 5.97 Å². The minimum Gasteiger partial charge on any atom is -0.463 e. The molecule has 0 aromatic carbocycles. The Balaban J connectivity index is 1.97. The van der Waals surface area contributed by atoms with Gasteiger partial charge in [-0.25, -0.2) is 4.79 Å². The molecule has 0 bridgehead atoms. The number of hydrogen-bond acceptors (Lipinski definition) is 2. The molecule has 0 N–H and O–H groups in total. The maximum Gasteiger partial charge on any atom is 0.330 e. The van der Waals surface area contributed by atoms with Crippen LogP contribution in [0, 0.1) is 11.8 Å². The number of esters is 1. The maximum absolute atomic E-state index is 10.6. The summed E-state index contributed by atoms with van der Waals surface area (Å²) < 4.78 is 4.88. The quantitative estimate of drug-likeness (QED) is 0.464. The van der Waals surface area contributed by atoms with Crippen molar-refractivity contribution in [2.45, 2.75) is 26.2 Å². The molecular weight excluding hydrogens is 152 g/mol. The summed E-state index contributed by atoms with van der Waals surface area (Å²) in [5, 5.41) is 0. The number of carbonyl (C=O) groups is 1. The van der Waals surface area contributed by atoms with Gasteiger partial charge in [0.1, 0.15) is 0 Å². The lowest BCUT2D eigenvalue weighted by molar-refractivity contribution is -0.137. The average Bonchev–Trinajstić information content (AvgIpc) is 2.83. The zero-order valence-electron chi connectivity index (χ0n) is 7.58. The van der Waals surface area contributed by atoms with E-state index in [1.165, 1.54) is 18.9 Å². The van der Waals surface area contributed by atoms with Crippen LogP contribution < -0.4 is 0 Å². The van der Waals surface area contributed by atoms with Crippen molar-refractivity contribution in [3.8, 4) is 0 Å². The molecule has 0 radical (unpaired) electrons. The van der Waals surface area contributed by atoms with E-state index in [0.717, 1.165) is 18.3 Å². The van der Waals surface area contributed by atoms with Crippen LogP contribution in [0.3, 0.4) is 0 Å². The van der Waals surface area contributed by atoms with Crippen molar-refractivity contribution in [1.82, 2.24) is 0 Å². The van der Waals surface area contributed by atoms with Crippen LogP contribution in [0.2, 0.25) is 0 Å². The first kappa shape index (κ1) is 9.30. The third-order valence-electron chi connectivity index (χ3n) is 2.49. The highest BCUT2D eigenvalue weighted by Crippen LogP contribution is 2.43. The summed E-state index contributed by atoms with van der Waals surface area (Å²) in [6, 6.07) is 0. The van der Waals surface area contributed by atoms with Gasteiger partial charge in [0.25, 0.3) is 0 Å². The Hall–Kier alpha value is -0.790. The first-order chi connectivity index (χ1) is 5.77. The molecule has 2 nitrogen and oxygen atoms in total. The van der Waals surface area contributed by atoms with Gasteiger partial charge in [-0.1, -0.05) is 19.9 Å². The summed E-state index contributed by atoms with van der Waals surface area (Å²) in [4.78, 5) is 10.6. The number of hydrogen-bond donors (Lipinski definition) is 0. The molecule has 1 rings (SSSR count). The molecule has 1 aliphatic rings. The third-order valence-corrected chi connectivity index (χ3v) is 2.49. The van der Waals surface area contributed by atoms with E-state index < -0.39 is 0 Å². The Bertz CT molecular complexity index is 175. The third kappa shape index (κ3) is 2.68. The SMILES string of the molecule is C=CC(=O)OCCC1CC1CC. The predicted molar refractivity (Wildman–Crippen MR) is 47.7 cm³/mol. The predicted octanol–water partition coefficient (Wildman–Crippen LogP) is 2.15. The van der Waals surface area contributed by atoms with Crippen LogP contribution in [0.15, 0.2) is 12.7 Å². The van der Waals surface area contributed by atoms with Gasteiger partial charge in [0.05, 0.1) is 6.61 Å². The van der Waals surface area contributed by atoms with Crippen LogP contribution in [0.25, 0.3) is 0 Å². The Morgan fingerprint density at radius 2 is 2.42 bits per heavy atom. The summed E-state index contributed by atoms with van der Waals surface area (Å²) in [5.74, 6) is 1.41. The fraction of sp³-hybridized carbons (Fsp3) is 0.700. The molecule has 0 amide bonds. The molecule has 68 valence electrons. The molecule has 0 spiro atoms. The van der Waals surface area contributed by atoms with Crippen molar-refractivity contribution in [3.63, 3.8) is 0 Å². The van der Waals surface area contributed by atoms with Gasteiger partial charge in [0.2, 0.25) is 0 Å². The zero-order valence-corrected chi connectivity index (χ0v) is 7.58. The fourth-order valence-corrected chi connectivity index (χ4v) is 1.53. The Morgan fingerprint density at radius 1 is 1.67 bits per heavy atom. The van der Waals surface area contributed by atoms with E-state index in [4.69, 9.17) is 4.74 Å². The molecule has 0 aromatic rings. The first-order valence-electron chi connectivity index (χ1n) is 4.57. The van der Waals surface area contributed by atoms with Crippen molar-refractivity contribution in [1.29, 1.82) is 0 Å². The Kier molecular flexibility index (Phi) is 3.32. The highest BCUT2D eigenvalue weighted by molar-refractivity contribution is 5.81. The number of carbonyl (C=O) groups excluding carboxylic acids is 1. The van der Waals surface area contributed by atoms with Crippen LogP contribution in [0.4, 0.5) is 0 Å². The van der Waals surface area contributed by atoms with E-state index >= 15 is 0 Å². The van der Waals surface area contributed by atoms with Gasteiger partial charge in [0, 0.05) is 6.08 Å². The highest BCUT2D eigenvalue weighted by atomic mass is 16.5. The highest BCUT2D eigenvalue weighted by Gasteiger charge is 2.34. The lowest BCUT2D eigenvalue weighted by atomic mass is 10.2. The minimum atomic E-state index is -0.302. The summed E-state index contributed by atoms with van der Waals surface area (Å²) in [6.45, 7) is 6.10. The van der Waals surface area contributed by atoms with Gasteiger partial charge in [-0.3, -0.25) is 0 Å². The monoisotopic (exact) mass is 168 g/mol. The van der Waals surface area contributed by atoms with Crippen LogP contribution in [-0.4, -0.2) is 12.6 Å². The molecule has 2 atom stereocenters. The maximum atomic E-state index is 10.6. The lowest BCUT2D eigenvalue weighted by Gasteiger charge is -1.99. The topological polar surface area (TPSA) is 26.3 Å². The van der Waals surface area contributed by atoms with Gasteiger partial charge in [-0.2, -0.15) is 0 Å². The second kappa shape index (κ2) is 4.29. The molecule has 0 aliphatic heterocycles. The van der Waals surface area contributed by atoms with Gasteiger partial charge < -0.3 is 4.74 Å². The molecule has 12 heavy (non-hydrogen) atoms. The molecule has 1 saturated carbocycles. The lowest BCUT2D eigenvalue weighted by Crippen LogP contribution is -2.02. The molecule has 2 unspecified atom stereocenters. The van der Waals surface area contributed by atoms with Gasteiger partial charge in [-0.05, 0) is 24.7 Å². The fourth-order valence-electron chi connectivity index (χ4n) is 1.53. The van der Waals surface area contributed by atoms with Gasteiger partial charge in [0.15, 0.2) is 0 Å². The van der Waals surface area contributed by atoms with Gasteiger partial charge in [-0.15, -0.1) is 0 Å². The summed E-state index contributed by atoms with van der Waals surface area (Å²) in [6.07, 6.45) is 4.82. The smallest absolute Gasteiger partial charge is 0.330 e. The van der Waals surface area contributed by atoms with E-state index in [-0.39, 0.29) is 5.97 Å². The largest absolute Gasteiger partial charge is 0.463 e. The standard InChI is InChI=1S/C10H16O2/c1-3-8-7-9(8)5-6-12-10(11)4-2/h4,8-9H,2-3,5-7H2,1H3. The Labute approximate surface area is 73.6 Å². The van der Waals surface area contributed by atoms with Crippen LogP contribution in [0.5, 0.6) is 0 Å². The van der Waals surface area contributed by atoms with E-state index in [2.05, 4.69) is 13.5 Å². The minimum absolute atomic E-state index is 0.302. The summed E-state index contributed by atoms with van der Waals surface area (Å²) >= 11 is 0. The van der Waals surface area contributed by atoms with Crippen molar-refractivity contribution < 1.29 is 9.53 Å². The molecule has 0 saturated heterocycles. The summed E-state index contributed by atoms with van der Waals surface area (Å²) in [5.41, 5.74) is 0. The molecule has 1 fully saturated rings. The van der Waals surface area contributed by atoms with Crippen LogP contribution >= 0.6 is 0 Å². The average molecular weight is 168 g/mol. The first-order valence-corrected chi connectivity index (χ1v) is 4.57. The normalized spacial score (nSPS) is 26.4. The van der Waals surface area contributed by atoms with Crippen LogP contribution in [0.1, 0.15) is 26.2 Å². The van der Waals surface area contributed by atoms with Crippen molar-refractivity contribution >= 4 is 5.97 Å². The van der Waals surface area contributed by atoms with E-state index in [0.29, 0.717) is 6.61 Å². The Morgan fingerprint density at radius 3 is 2.92 bits per heavy atom. The van der Waals surface area contributed by atoms with Crippen LogP contribution in [-0.2, 0) is 9.53 Å². The number of rotatable bonds is 5. The molecule has 1 aliphatic carbocycles. The molecular formula is C10H16O2. The summed E-state index contributed by atoms with van der Waals surface area (Å²) in [7, 11) is 0. The zero-order chi connectivity index (χ0) is 8.97. The van der Waals surface area contributed by atoms with E-state index in [1.54, 1.807) is 0 Å². The van der Waals surface area contributed by atoms with Crippen molar-refractivity contribution in [2.24, 2.45) is 11.8 Å². The molecule has 2 heteroatoms. The second-order valence-electron chi connectivity index (χ2n) is 3.32. The second-order valence-corrected chi connectivity index (χ2v) is 3.32. The molecule has 0 aromatic heterocycles. The van der Waals surface area contributed by atoms with E-state index in [9.17, 15) is 4.79 Å². The number of ether oxygens (including phenoxy) is 1. The van der Waals surface area contributed by atoms with Crippen molar-refractivity contribution in [2.75, 3.05) is 6.61 Å². The molecule has 0 heterocycles.